The molecule has 0 aromatic carbocycles. The van der Waals surface area contributed by atoms with Gasteiger partial charge in [-0.2, -0.15) is 0 Å². The quantitative estimate of drug-likeness (QED) is 0.539. The maximum absolute atomic E-state index is 9.02. The second-order valence-corrected chi connectivity index (χ2v) is 1.94. The zero-order chi connectivity index (χ0) is 8.27. The smallest absolute Gasteiger partial charge is 0.126 e. The van der Waals surface area contributed by atoms with Crippen molar-refractivity contribution in [2.24, 2.45) is 0 Å². The van der Waals surface area contributed by atoms with Crippen LogP contribution in [0, 0.1) is 0 Å². The molecule has 0 aliphatic rings. The molecule has 0 saturated heterocycles. The van der Waals surface area contributed by atoms with Crippen molar-refractivity contribution in [3.05, 3.63) is 23.4 Å². The molecular weight excluding hydrogens is 142 g/mol. The molecule has 1 aromatic heterocycles. The van der Waals surface area contributed by atoms with Crippen LogP contribution >= 0.6 is 0 Å². The van der Waals surface area contributed by atoms with Crippen molar-refractivity contribution in [2.45, 2.75) is 6.92 Å². The van der Waals surface area contributed by atoms with Crippen molar-refractivity contribution >= 4 is 12.2 Å². The van der Waals surface area contributed by atoms with E-state index in [1.54, 1.807) is 25.2 Å². The third-order valence-corrected chi connectivity index (χ3v) is 1.26. The Morgan fingerprint density at radius 3 is 2.91 bits per heavy atom. The van der Waals surface area contributed by atoms with E-state index in [1.165, 1.54) is 0 Å². The van der Waals surface area contributed by atoms with Crippen LogP contribution in [0.1, 0.15) is 6.92 Å². The lowest BCUT2D eigenvalue weighted by atomic mass is 10.4. The molecule has 4 nitrogen and oxygen atoms in total. The van der Waals surface area contributed by atoms with Gasteiger partial charge in [0.1, 0.15) is 10.7 Å². The molecule has 0 bridgehead atoms. The molecule has 4 heteroatoms. The first kappa shape index (κ1) is 7.53. The van der Waals surface area contributed by atoms with E-state index in [9.17, 15) is 0 Å². The highest BCUT2D eigenvalue weighted by atomic mass is 16.5. The Morgan fingerprint density at radius 1 is 1.64 bits per heavy atom. The van der Waals surface area contributed by atoms with Crippen LogP contribution in [0.2, 0.25) is 0 Å². The molecule has 0 atom stereocenters. The standard InChI is InChI=1S/C7H9N3O/c1-3-5-6-7(4-2)10(11)9-8-6/h3-5,11H,1H2,2H3/b6-5+,7-4+. The lowest BCUT2D eigenvalue weighted by Crippen LogP contribution is -2.28. The van der Waals surface area contributed by atoms with E-state index >= 15 is 0 Å². The first-order chi connectivity index (χ1) is 5.29. The molecule has 1 N–H and O–H groups in total. The SMILES string of the molecule is C=C/C=c1/nnn(O)/c1=C/C. The van der Waals surface area contributed by atoms with Gasteiger partial charge in [0.15, 0.2) is 0 Å². The minimum absolute atomic E-state index is 0.574. The summed E-state index contributed by atoms with van der Waals surface area (Å²) in [5, 5.41) is 17.3. The van der Waals surface area contributed by atoms with Gasteiger partial charge >= 0.3 is 0 Å². The maximum atomic E-state index is 9.02. The third kappa shape index (κ3) is 1.29. The Morgan fingerprint density at radius 2 is 2.36 bits per heavy atom. The minimum Gasteiger partial charge on any atom is -0.410 e. The number of aromatic nitrogens is 3. The molecule has 0 unspecified atom stereocenters. The van der Waals surface area contributed by atoms with Gasteiger partial charge in [-0.25, -0.2) is 0 Å². The van der Waals surface area contributed by atoms with Gasteiger partial charge in [-0.15, -0.1) is 5.10 Å². The summed E-state index contributed by atoms with van der Waals surface area (Å²) in [5.41, 5.74) is 0. The predicted octanol–water partition coefficient (Wildman–Crippen LogP) is -0.718. The van der Waals surface area contributed by atoms with Crippen molar-refractivity contribution in [3.8, 4) is 0 Å². The Labute approximate surface area is 63.7 Å². The Kier molecular flexibility index (Phi) is 2.06. The van der Waals surface area contributed by atoms with Gasteiger partial charge in [-0.05, 0) is 18.2 Å². The largest absolute Gasteiger partial charge is 0.410 e. The van der Waals surface area contributed by atoms with E-state index in [2.05, 4.69) is 16.9 Å². The van der Waals surface area contributed by atoms with E-state index in [1.807, 2.05) is 0 Å². The van der Waals surface area contributed by atoms with Gasteiger partial charge in [0, 0.05) is 0 Å². The molecule has 58 valence electrons. The van der Waals surface area contributed by atoms with Crippen LogP contribution in [-0.4, -0.2) is 20.4 Å². The minimum atomic E-state index is 0.574. The van der Waals surface area contributed by atoms with E-state index in [0.717, 1.165) is 4.85 Å². The Hall–Kier alpha value is -1.58. The summed E-state index contributed by atoms with van der Waals surface area (Å²) in [6.07, 6.45) is 4.99. The fourth-order valence-corrected chi connectivity index (χ4v) is 0.786. The van der Waals surface area contributed by atoms with Crippen molar-refractivity contribution in [1.82, 2.24) is 15.2 Å². The second-order valence-electron chi connectivity index (χ2n) is 1.94. The summed E-state index contributed by atoms with van der Waals surface area (Å²) in [5.74, 6) is 0. The van der Waals surface area contributed by atoms with E-state index in [0.29, 0.717) is 10.7 Å². The summed E-state index contributed by atoms with van der Waals surface area (Å²) < 4.78 is 0. The maximum Gasteiger partial charge on any atom is 0.126 e. The van der Waals surface area contributed by atoms with Crippen LogP contribution in [0.25, 0.3) is 12.2 Å². The lowest BCUT2D eigenvalue weighted by Gasteiger charge is -1.81. The Bertz CT molecular complexity index is 364. The highest BCUT2D eigenvalue weighted by molar-refractivity contribution is 5.33. The first-order valence-electron chi connectivity index (χ1n) is 3.19. The van der Waals surface area contributed by atoms with E-state index < -0.39 is 0 Å². The third-order valence-electron chi connectivity index (χ3n) is 1.26. The predicted molar refractivity (Wildman–Crippen MR) is 41.3 cm³/mol. The van der Waals surface area contributed by atoms with Gasteiger partial charge in [0.05, 0.1) is 0 Å². The molecule has 0 saturated carbocycles. The number of rotatable bonds is 1. The zero-order valence-corrected chi connectivity index (χ0v) is 6.23. The normalized spacial score (nSPS) is 13.9. The topological polar surface area (TPSA) is 50.9 Å². The van der Waals surface area contributed by atoms with Crippen LogP contribution in [0.3, 0.4) is 0 Å². The zero-order valence-electron chi connectivity index (χ0n) is 6.23. The molecular formula is C7H9N3O. The molecule has 0 aliphatic heterocycles. The summed E-state index contributed by atoms with van der Waals surface area (Å²) in [7, 11) is 0. The Balaban J connectivity index is 3.52. The second kappa shape index (κ2) is 3.01. The fraction of sp³-hybridized carbons (Fsp3) is 0.143. The average molecular weight is 151 g/mol. The molecule has 0 amide bonds. The van der Waals surface area contributed by atoms with Crippen molar-refractivity contribution in [2.75, 3.05) is 0 Å². The molecule has 1 heterocycles. The molecule has 0 spiro atoms. The number of hydrogen-bond acceptors (Lipinski definition) is 3. The highest BCUT2D eigenvalue weighted by Crippen LogP contribution is 1.62. The summed E-state index contributed by atoms with van der Waals surface area (Å²) in [4.78, 5) is 0.731. The molecule has 0 aliphatic carbocycles. The highest BCUT2D eigenvalue weighted by Gasteiger charge is 1.92. The molecule has 0 fully saturated rings. The lowest BCUT2D eigenvalue weighted by molar-refractivity contribution is 0.135. The van der Waals surface area contributed by atoms with Crippen LogP contribution in [-0.2, 0) is 0 Å². The molecule has 1 rings (SSSR count). The summed E-state index contributed by atoms with van der Waals surface area (Å²) in [6, 6.07) is 0. The van der Waals surface area contributed by atoms with Crippen molar-refractivity contribution in [1.29, 1.82) is 0 Å². The van der Waals surface area contributed by atoms with Gasteiger partial charge in [-0.3, -0.25) is 0 Å². The number of nitrogens with zero attached hydrogens (tertiary/aromatic N) is 3. The number of allylic oxidation sites excluding steroid dienone is 1. The molecule has 1 aromatic rings. The van der Waals surface area contributed by atoms with Gasteiger partial charge in [0.25, 0.3) is 0 Å². The first-order valence-corrected chi connectivity index (χ1v) is 3.19. The van der Waals surface area contributed by atoms with E-state index in [4.69, 9.17) is 5.21 Å². The van der Waals surface area contributed by atoms with Crippen molar-refractivity contribution < 1.29 is 5.21 Å². The van der Waals surface area contributed by atoms with Crippen LogP contribution < -0.4 is 10.7 Å². The fourth-order valence-electron chi connectivity index (χ4n) is 0.786. The van der Waals surface area contributed by atoms with E-state index in [-0.39, 0.29) is 0 Å². The summed E-state index contributed by atoms with van der Waals surface area (Å²) in [6.45, 7) is 5.31. The average Bonchev–Trinajstić information content (AvgIpc) is 2.33. The van der Waals surface area contributed by atoms with Crippen LogP contribution in [0.5, 0.6) is 0 Å². The summed E-state index contributed by atoms with van der Waals surface area (Å²) >= 11 is 0. The van der Waals surface area contributed by atoms with Crippen molar-refractivity contribution in [3.63, 3.8) is 0 Å². The monoisotopic (exact) mass is 151 g/mol. The molecule has 11 heavy (non-hydrogen) atoms. The van der Waals surface area contributed by atoms with Gasteiger partial charge in [0.2, 0.25) is 0 Å². The van der Waals surface area contributed by atoms with Gasteiger partial charge < -0.3 is 5.21 Å². The molecule has 0 radical (unpaired) electrons. The van der Waals surface area contributed by atoms with Crippen LogP contribution in [0.4, 0.5) is 0 Å². The van der Waals surface area contributed by atoms with Gasteiger partial charge in [-0.1, -0.05) is 23.6 Å². The van der Waals surface area contributed by atoms with Crippen LogP contribution in [0.15, 0.2) is 12.7 Å². The number of hydrogen-bond donors (Lipinski definition) is 1.